The van der Waals surface area contributed by atoms with Crippen LogP contribution < -0.4 is 5.73 Å². The lowest BCUT2D eigenvalue weighted by Gasteiger charge is -2.32. The van der Waals surface area contributed by atoms with E-state index < -0.39 is 11.4 Å². The van der Waals surface area contributed by atoms with Crippen molar-refractivity contribution >= 4 is 5.97 Å². The second-order valence-corrected chi connectivity index (χ2v) is 3.72. The van der Waals surface area contributed by atoms with Crippen molar-refractivity contribution in [1.29, 1.82) is 0 Å². The predicted octanol–water partition coefficient (Wildman–Crippen LogP) is 0.979. The van der Waals surface area contributed by atoms with Crippen LogP contribution in [0.1, 0.15) is 32.6 Å². The normalized spacial score (nSPS) is 38.5. The van der Waals surface area contributed by atoms with Gasteiger partial charge in [0.1, 0.15) is 0 Å². The third-order valence-corrected chi connectivity index (χ3v) is 2.53. The minimum absolute atomic E-state index is 0.0878. The maximum absolute atomic E-state index is 10.8. The molecule has 0 heterocycles. The van der Waals surface area contributed by atoms with Gasteiger partial charge in [0.15, 0.2) is 0 Å². The van der Waals surface area contributed by atoms with E-state index in [1.54, 1.807) is 6.92 Å². The first-order valence-corrected chi connectivity index (χ1v) is 4.03. The summed E-state index contributed by atoms with van der Waals surface area (Å²) in [5.41, 5.74) is 5.13. The summed E-state index contributed by atoms with van der Waals surface area (Å²) >= 11 is 0. The van der Waals surface area contributed by atoms with Crippen molar-refractivity contribution < 1.29 is 9.90 Å². The molecule has 3 N–H and O–H groups in total. The van der Waals surface area contributed by atoms with E-state index in [1.807, 2.05) is 0 Å². The van der Waals surface area contributed by atoms with Gasteiger partial charge in [0.25, 0.3) is 0 Å². The Balaban J connectivity index is 2.63. The predicted molar refractivity (Wildman–Crippen MR) is 42.2 cm³/mol. The van der Waals surface area contributed by atoms with Gasteiger partial charge in [-0.2, -0.15) is 0 Å². The molecule has 0 aromatic rings. The van der Waals surface area contributed by atoms with Crippen LogP contribution in [0.15, 0.2) is 0 Å². The highest BCUT2D eigenvalue weighted by Gasteiger charge is 2.37. The quantitative estimate of drug-likeness (QED) is 0.596. The Morgan fingerprint density at radius 3 is 2.73 bits per heavy atom. The summed E-state index contributed by atoms with van der Waals surface area (Å²) in [5.74, 6) is -0.701. The first-order chi connectivity index (χ1) is 5.04. The molecule has 0 bridgehead atoms. The Morgan fingerprint density at radius 2 is 2.36 bits per heavy atom. The van der Waals surface area contributed by atoms with E-state index in [1.165, 1.54) is 0 Å². The summed E-state index contributed by atoms with van der Waals surface area (Å²) in [6.45, 7) is 1.79. The van der Waals surface area contributed by atoms with Crippen LogP contribution in [-0.2, 0) is 4.79 Å². The van der Waals surface area contributed by atoms with E-state index >= 15 is 0 Å². The largest absolute Gasteiger partial charge is 0.481 e. The molecule has 1 aliphatic carbocycles. The lowest BCUT2D eigenvalue weighted by atomic mass is 9.74. The number of carbonyl (C=O) groups is 1. The zero-order chi connectivity index (χ0) is 8.48. The van der Waals surface area contributed by atoms with E-state index in [-0.39, 0.29) is 6.04 Å². The number of aliphatic carboxylic acids is 1. The molecule has 0 saturated heterocycles. The molecule has 11 heavy (non-hydrogen) atoms. The highest BCUT2D eigenvalue weighted by atomic mass is 16.4. The summed E-state index contributed by atoms with van der Waals surface area (Å²) < 4.78 is 0. The molecule has 0 aliphatic heterocycles. The van der Waals surface area contributed by atoms with Gasteiger partial charge in [-0.25, -0.2) is 0 Å². The molecule has 0 aromatic heterocycles. The smallest absolute Gasteiger partial charge is 0.309 e. The number of hydrogen-bond donors (Lipinski definition) is 2. The van der Waals surface area contributed by atoms with E-state index in [0.717, 1.165) is 19.3 Å². The fraction of sp³-hybridized carbons (Fsp3) is 0.875. The van der Waals surface area contributed by atoms with Crippen LogP contribution in [0.2, 0.25) is 0 Å². The van der Waals surface area contributed by atoms with Gasteiger partial charge in [0.05, 0.1) is 5.41 Å². The van der Waals surface area contributed by atoms with Crippen LogP contribution >= 0.6 is 0 Å². The topological polar surface area (TPSA) is 63.3 Å². The SMILES string of the molecule is C[C@@]1(C(=O)O)CCCC(N)C1. The van der Waals surface area contributed by atoms with Gasteiger partial charge in [-0.05, 0) is 26.2 Å². The van der Waals surface area contributed by atoms with Gasteiger partial charge in [0, 0.05) is 6.04 Å². The first-order valence-electron chi connectivity index (χ1n) is 4.03. The number of carboxylic acid groups (broad SMARTS) is 1. The Morgan fingerprint density at radius 1 is 1.73 bits per heavy atom. The number of rotatable bonds is 1. The molecule has 1 fully saturated rings. The summed E-state index contributed by atoms with van der Waals surface area (Å²) in [6.07, 6.45) is 3.32. The summed E-state index contributed by atoms with van der Waals surface area (Å²) in [5, 5.41) is 8.86. The van der Waals surface area contributed by atoms with Crippen LogP contribution in [0.25, 0.3) is 0 Å². The van der Waals surface area contributed by atoms with Crippen molar-refractivity contribution in [3.63, 3.8) is 0 Å². The second kappa shape index (κ2) is 2.81. The average Bonchev–Trinajstić information content (AvgIpc) is 1.86. The minimum Gasteiger partial charge on any atom is -0.481 e. The zero-order valence-electron chi connectivity index (χ0n) is 6.84. The molecule has 1 saturated carbocycles. The van der Waals surface area contributed by atoms with E-state index in [2.05, 4.69) is 0 Å². The third kappa shape index (κ3) is 1.71. The molecule has 3 heteroatoms. The molecule has 1 rings (SSSR count). The maximum Gasteiger partial charge on any atom is 0.309 e. The average molecular weight is 157 g/mol. The van der Waals surface area contributed by atoms with Crippen molar-refractivity contribution in [2.75, 3.05) is 0 Å². The molecule has 1 aliphatic rings. The van der Waals surface area contributed by atoms with Crippen molar-refractivity contribution in [2.24, 2.45) is 11.1 Å². The van der Waals surface area contributed by atoms with Crippen LogP contribution in [0.3, 0.4) is 0 Å². The Hall–Kier alpha value is -0.570. The molecule has 1 unspecified atom stereocenters. The van der Waals surface area contributed by atoms with Crippen LogP contribution in [0, 0.1) is 5.41 Å². The molecule has 0 spiro atoms. The van der Waals surface area contributed by atoms with Gasteiger partial charge in [-0.15, -0.1) is 0 Å². The fourth-order valence-electron chi connectivity index (χ4n) is 1.73. The molecule has 0 aromatic carbocycles. The minimum atomic E-state index is -0.701. The van der Waals surface area contributed by atoms with Gasteiger partial charge < -0.3 is 10.8 Å². The summed E-state index contributed by atoms with van der Waals surface area (Å²) in [6, 6.07) is 0.0878. The zero-order valence-corrected chi connectivity index (χ0v) is 6.84. The highest BCUT2D eigenvalue weighted by molar-refractivity contribution is 5.74. The molecule has 0 amide bonds. The van der Waals surface area contributed by atoms with Crippen LogP contribution in [0.4, 0.5) is 0 Å². The first kappa shape index (κ1) is 8.53. The Labute approximate surface area is 66.6 Å². The molecular formula is C8H15NO2. The summed E-state index contributed by atoms with van der Waals surface area (Å²) in [4.78, 5) is 10.8. The van der Waals surface area contributed by atoms with E-state index in [4.69, 9.17) is 10.8 Å². The van der Waals surface area contributed by atoms with Crippen LogP contribution in [0.5, 0.6) is 0 Å². The van der Waals surface area contributed by atoms with Crippen molar-refractivity contribution in [1.82, 2.24) is 0 Å². The Kier molecular flexibility index (Phi) is 2.18. The highest BCUT2D eigenvalue weighted by Crippen LogP contribution is 2.35. The molecular weight excluding hydrogens is 142 g/mol. The monoisotopic (exact) mass is 157 g/mol. The standard InChI is InChI=1S/C8H15NO2/c1-8(7(10)11)4-2-3-6(9)5-8/h6H,2-5,9H2,1H3,(H,10,11)/t6?,8-/m1/s1. The summed E-state index contributed by atoms with van der Waals surface area (Å²) in [7, 11) is 0. The van der Waals surface area contributed by atoms with Gasteiger partial charge >= 0.3 is 5.97 Å². The van der Waals surface area contributed by atoms with Crippen LogP contribution in [-0.4, -0.2) is 17.1 Å². The van der Waals surface area contributed by atoms with Crippen molar-refractivity contribution in [3.8, 4) is 0 Å². The van der Waals surface area contributed by atoms with E-state index in [9.17, 15) is 4.79 Å². The molecule has 3 nitrogen and oxygen atoms in total. The van der Waals surface area contributed by atoms with E-state index in [0.29, 0.717) is 6.42 Å². The lowest BCUT2D eigenvalue weighted by Crippen LogP contribution is -2.39. The van der Waals surface area contributed by atoms with Crippen molar-refractivity contribution in [2.45, 2.75) is 38.6 Å². The second-order valence-electron chi connectivity index (χ2n) is 3.72. The van der Waals surface area contributed by atoms with Gasteiger partial charge in [-0.1, -0.05) is 6.42 Å². The number of hydrogen-bond acceptors (Lipinski definition) is 2. The molecule has 2 atom stereocenters. The lowest BCUT2D eigenvalue weighted by molar-refractivity contribution is -0.150. The molecule has 64 valence electrons. The van der Waals surface area contributed by atoms with Gasteiger partial charge in [0.2, 0.25) is 0 Å². The van der Waals surface area contributed by atoms with Gasteiger partial charge in [-0.3, -0.25) is 4.79 Å². The number of nitrogens with two attached hydrogens (primary N) is 1. The third-order valence-electron chi connectivity index (χ3n) is 2.53. The van der Waals surface area contributed by atoms with Crippen molar-refractivity contribution in [3.05, 3.63) is 0 Å². The maximum atomic E-state index is 10.8. The number of carboxylic acids is 1. The fourth-order valence-corrected chi connectivity index (χ4v) is 1.73. The molecule has 0 radical (unpaired) electrons. The Bertz CT molecular complexity index is 169.